The van der Waals surface area contributed by atoms with Crippen molar-refractivity contribution in [3.8, 4) is 5.75 Å². The molecule has 1 heterocycles. The van der Waals surface area contributed by atoms with Gasteiger partial charge in [-0.3, -0.25) is 4.79 Å². The van der Waals surface area contributed by atoms with Crippen molar-refractivity contribution in [2.75, 3.05) is 6.79 Å². The Kier molecular flexibility index (Phi) is 4.27. The number of carbonyl (C=O) groups excluding carboxylic acids is 1. The second kappa shape index (κ2) is 6.34. The summed E-state index contributed by atoms with van der Waals surface area (Å²) in [6.45, 7) is 0.571. The van der Waals surface area contributed by atoms with Gasteiger partial charge in [-0.15, -0.1) is 0 Å². The molecule has 0 atom stereocenters. The maximum absolute atomic E-state index is 13.6. The molecule has 1 N–H and O–H groups in total. The van der Waals surface area contributed by atoms with Crippen LogP contribution in [0.2, 0.25) is 5.02 Å². The zero-order valence-corrected chi connectivity index (χ0v) is 12.3. The highest BCUT2D eigenvalue weighted by molar-refractivity contribution is 6.30. The molecule has 0 saturated carbocycles. The highest BCUT2D eigenvalue weighted by Gasteiger charge is 2.17. The average Bonchev–Trinajstić information content (AvgIpc) is 2.52. The first-order chi connectivity index (χ1) is 10.6. The Balaban J connectivity index is 1.76. The predicted molar refractivity (Wildman–Crippen MR) is 79.3 cm³/mol. The summed E-state index contributed by atoms with van der Waals surface area (Å²) < 4.78 is 24.1. The van der Waals surface area contributed by atoms with E-state index in [4.69, 9.17) is 21.1 Å². The number of ether oxygens (including phenoxy) is 2. The second-order valence-corrected chi connectivity index (χ2v) is 5.29. The Hall–Kier alpha value is -2.11. The highest BCUT2D eigenvalue weighted by Crippen LogP contribution is 2.29. The molecule has 0 unspecified atom stereocenters. The van der Waals surface area contributed by atoms with E-state index in [-0.39, 0.29) is 25.1 Å². The third-order valence-electron chi connectivity index (χ3n) is 3.28. The van der Waals surface area contributed by atoms with E-state index in [2.05, 4.69) is 5.32 Å². The smallest absolute Gasteiger partial charge is 0.251 e. The maximum atomic E-state index is 13.6. The van der Waals surface area contributed by atoms with Crippen LogP contribution >= 0.6 is 11.6 Å². The van der Waals surface area contributed by atoms with E-state index in [1.54, 1.807) is 24.3 Å². The van der Waals surface area contributed by atoms with Crippen LogP contribution < -0.4 is 10.1 Å². The van der Waals surface area contributed by atoms with Gasteiger partial charge in [-0.1, -0.05) is 17.7 Å². The first kappa shape index (κ1) is 14.8. The molecule has 2 aromatic carbocycles. The van der Waals surface area contributed by atoms with Crippen LogP contribution in [-0.2, 0) is 17.9 Å². The van der Waals surface area contributed by atoms with Gasteiger partial charge < -0.3 is 14.8 Å². The molecule has 0 spiro atoms. The summed E-state index contributed by atoms with van der Waals surface area (Å²) in [5.74, 6) is -0.105. The van der Waals surface area contributed by atoms with Gasteiger partial charge in [0.25, 0.3) is 5.91 Å². The summed E-state index contributed by atoms with van der Waals surface area (Å²) in [5.41, 5.74) is 1.66. The molecule has 4 nitrogen and oxygen atoms in total. The second-order valence-electron chi connectivity index (χ2n) is 4.86. The molecule has 0 fully saturated rings. The number of carbonyl (C=O) groups is 1. The highest BCUT2D eigenvalue weighted by atomic mass is 35.5. The minimum atomic E-state index is -0.389. The van der Waals surface area contributed by atoms with Gasteiger partial charge in [-0.05, 0) is 30.3 Å². The Morgan fingerprint density at radius 3 is 3.00 bits per heavy atom. The van der Waals surface area contributed by atoms with Gasteiger partial charge in [-0.25, -0.2) is 4.39 Å². The molecule has 0 bridgehead atoms. The van der Waals surface area contributed by atoms with Crippen LogP contribution in [0.15, 0.2) is 36.4 Å². The lowest BCUT2D eigenvalue weighted by atomic mass is 10.1. The summed E-state index contributed by atoms with van der Waals surface area (Å²) >= 11 is 5.86. The molecule has 0 aromatic heterocycles. The summed E-state index contributed by atoms with van der Waals surface area (Å²) in [6, 6.07) is 9.34. The van der Waals surface area contributed by atoms with Gasteiger partial charge in [-0.2, -0.15) is 0 Å². The predicted octanol–water partition coefficient (Wildman–Crippen LogP) is 3.28. The minimum absolute atomic E-state index is 0.119. The molecule has 1 aliphatic heterocycles. The molecular formula is C16H13ClFNO3. The Bertz CT molecular complexity index is 721. The van der Waals surface area contributed by atoms with E-state index >= 15 is 0 Å². The van der Waals surface area contributed by atoms with Gasteiger partial charge in [0.15, 0.2) is 6.79 Å². The minimum Gasteiger partial charge on any atom is -0.467 e. The number of benzene rings is 2. The SMILES string of the molecule is O=C(NCc1cc(F)cc2c1OCOC2)c1cccc(Cl)c1. The quantitative estimate of drug-likeness (QED) is 0.943. The number of nitrogens with one attached hydrogen (secondary N) is 1. The van der Waals surface area contributed by atoms with Crippen molar-refractivity contribution in [1.29, 1.82) is 0 Å². The summed E-state index contributed by atoms with van der Waals surface area (Å²) in [5, 5.41) is 3.22. The summed E-state index contributed by atoms with van der Waals surface area (Å²) in [6.07, 6.45) is 0. The number of hydrogen-bond acceptors (Lipinski definition) is 3. The summed E-state index contributed by atoms with van der Waals surface area (Å²) in [4.78, 5) is 12.1. The molecule has 22 heavy (non-hydrogen) atoms. The van der Waals surface area contributed by atoms with E-state index in [1.165, 1.54) is 12.1 Å². The first-order valence-corrected chi connectivity index (χ1v) is 7.07. The third-order valence-corrected chi connectivity index (χ3v) is 3.51. The Morgan fingerprint density at radius 2 is 2.18 bits per heavy atom. The lowest BCUT2D eigenvalue weighted by Gasteiger charge is -2.21. The number of rotatable bonds is 3. The lowest BCUT2D eigenvalue weighted by Crippen LogP contribution is -2.24. The van der Waals surface area contributed by atoms with Crippen LogP contribution in [0.25, 0.3) is 0 Å². The van der Waals surface area contributed by atoms with Crippen LogP contribution in [-0.4, -0.2) is 12.7 Å². The number of hydrogen-bond donors (Lipinski definition) is 1. The van der Waals surface area contributed by atoms with Gasteiger partial charge in [0, 0.05) is 28.3 Å². The zero-order valence-electron chi connectivity index (χ0n) is 11.6. The first-order valence-electron chi connectivity index (χ1n) is 6.69. The fourth-order valence-corrected chi connectivity index (χ4v) is 2.49. The fourth-order valence-electron chi connectivity index (χ4n) is 2.30. The normalized spacial score (nSPS) is 13.2. The van der Waals surface area contributed by atoms with E-state index in [1.807, 2.05) is 0 Å². The van der Waals surface area contributed by atoms with E-state index in [0.717, 1.165) is 0 Å². The molecular weight excluding hydrogens is 309 g/mol. The lowest BCUT2D eigenvalue weighted by molar-refractivity contribution is -0.0173. The molecule has 0 aliphatic carbocycles. The van der Waals surface area contributed by atoms with Gasteiger partial charge in [0.1, 0.15) is 11.6 Å². The zero-order chi connectivity index (χ0) is 15.5. The fraction of sp³-hybridized carbons (Fsp3) is 0.188. The number of amides is 1. The monoisotopic (exact) mass is 321 g/mol. The topological polar surface area (TPSA) is 47.6 Å². The molecule has 0 radical (unpaired) electrons. The molecule has 2 aromatic rings. The van der Waals surface area contributed by atoms with Crippen LogP contribution in [0.5, 0.6) is 5.75 Å². The van der Waals surface area contributed by atoms with Crippen molar-refractivity contribution in [3.05, 3.63) is 63.9 Å². The molecule has 1 aliphatic rings. The maximum Gasteiger partial charge on any atom is 0.251 e. The van der Waals surface area contributed by atoms with Gasteiger partial charge >= 0.3 is 0 Å². The van der Waals surface area contributed by atoms with Crippen LogP contribution in [0, 0.1) is 5.82 Å². The third kappa shape index (κ3) is 3.21. The molecule has 0 saturated heterocycles. The van der Waals surface area contributed by atoms with Gasteiger partial charge in [0.2, 0.25) is 0 Å². The van der Waals surface area contributed by atoms with E-state index in [9.17, 15) is 9.18 Å². The Morgan fingerprint density at radius 1 is 1.32 bits per heavy atom. The van der Waals surface area contributed by atoms with Crippen molar-refractivity contribution < 1.29 is 18.7 Å². The summed E-state index contributed by atoms with van der Waals surface area (Å²) in [7, 11) is 0. The van der Waals surface area contributed by atoms with Crippen molar-refractivity contribution in [2.24, 2.45) is 0 Å². The van der Waals surface area contributed by atoms with Crippen molar-refractivity contribution in [3.63, 3.8) is 0 Å². The molecule has 3 rings (SSSR count). The molecule has 1 amide bonds. The molecule has 6 heteroatoms. The van der Waals surface area contributed by atoms with Gasteiger partial charge in [0.05, 0.1) is 6.61 Å². The van der Waals surface area contributed by atoms with Crippen LogP contribution in [0.1, 0.15) is 21.5 Å². The van der Waals surface area contributed by atoms with Crippen molar-refractivity contribution in [2.45, 2.75) is 13.2 Å². The van der Waals surface area contributed by atoms with E-state index < -0.39 is 0 Å². The standard InChI is InChI=1S/C16H13ClFNO3/c17-13-3-1-2-10(4-13)16(20)19-7-11-5-14(18)6-12-8-21-9-22-15(11)12/h1-6H,7-9H2,(H,19,20). The van der Waals surface area contributed by atoms with E-state index in [0.29, 0.717) is 34.1 Å². The van der Waals surface area contributed by atoms with Crippen molar-refractivity contribution >= 4 is 17.5 Å². The van der Waals surface area contributed by atoms with Crippen molar-refractivity contribution in [1.82, 2.24) is 5.32 Å². The Labute approximate surface area is 131 Å². The number of halogens is 2. The molecule has 114 valence electrons. The number of fused-ring (bicyclic) bond motifs is 1. The van der Waals surface area contributed by atoms with Crippen LogP contribution in [0.4, 0.5) is 4.39 Å². The largest absolute Gasteiger partial charge is 0.467 e. The van der Waals surface area contributed by atoms with Crippen LogP contribution in [0.3, 0.4) is 0 Å². The average molecular weight is 322 g/mol.